The normalized spacial score (nSPS) is 20.8. The smallest absolute Gasteiger partial charge is 0.262 e. The summed E-state index contributed by atoms with van der Waals surface area (Å²) >= 11 is 3.30. The Morgan fingerprint density at radius 1 is 1.38 bits per heavy atom. The van der Waals surface area contributed by atoms with Crippen molar-refractivity contribution < 1.29 is 13.2 Å². The van der Waals surface area contributed by atoms with Crippen LogP contribution >= 0.6 is 15.9 Å². The van der Waals surface area contributed by atoms with Crippen molar-refractivity contribution in [3.63, 3.8) is 0 Å². The van der Waals surface area contributed by atoms with Gasteiger partial charge in [0.15, 0.2) is 9.84 Å². The first-order valence-corrected chi connectivity index (χ1v) is 8.90. The molecule has 0 radical (unpaired) electrons. The summed E-state index contributed by atoms with van der Waals surface area (Å²) < 4.78 is 23.6. The Labute approximate surface area is 131 Å². The molecule has 1 aliphatic rings. The van der Waals surface area contributed by atoms with Crippen LogP contribution in [-0.4, -0.2) is 31.9 Å². The lowest BCUT2D eigenvalue weighted by Gasteiger charge is -2.09. The largest absolute Gasteiger partial charge is 0.348 e. The van der Waals surface area contributed by atoms with E-state index in [0.717, 1.165) is 10.0 Å². The first kappa shape index (κ1) is 15.7. The molecule has 110 valence electrons. The van der Waals surface area contributed by atoms with Crippen molar-refractivity contribution in [2.45, 2.75) is 12.5 Å². The minimum absolute atomic E-state index is 0.0402. The third-order valence-corrected chi connectivity index (χ3v) is 5.41. The zero-order valence-corrected chi connectivity index (χ0v) is 13.4. The number of hydrogen-bond acceptors (Lipinski definition) is 4. The molecule has 1 aliphatic heterocycles. The summed E-state index contributed by atoms with van der Waals surface area (Å²) in [6, 6.07) is 8.60. The highest BCUT2D eigenvalue weighted by atomic mass is 79.9. The fourth-order valence-corrected chi connectivity index (χ4v) is 3.98. The van der Waals surface area contributed by atoms with Gasteiger partial charge in [-0.25, -0.2) is 8.42 Å². The van der Waals surface area contributed by atoms with Crippen molar-refractivity contribution in [2.75, 3.05) is 11.5 Å². The topological polar surface area (TPSA) is 87.0 Å². The maximum Gasteiger partial charge on any atom is 0.262 e. The Balaban J connectivity index is 2.09. The number of carbonyl (C=O) groups excluding carboxylic acids is 1. The van der Waals surface area contributed by atoms with Crippen LogP contribution in [0.25, 0.3) is 6.08 Å². The lowest BCUT2D eigenvalue weighted by atomic mass is 10.1. The summed E-state index contributed by atoms with van der Waals surface area (Å²) in [6.45, 7) is 0. The molecule has 5 nitrogen and oxygen atoms in total. The first-order valence-electron chi connectivity index (χ1n) is 6.28. The van der Waals surface area contributed by atoms with Gasteiger partial charge in [0.1, 0.15) is 11.6 Å². The number of amides is 1. The molecule has 0 unspecified atom stereocenters. The van der Waals surface area contributed by atoms with Crippen LogP contribution in [0.1, 0.15) is 12.0 Å². The van der Waals surface area contributed by atoms with E-state index in [9.17, 15) is 13.2 Å². The zero-order chi connectivity index (χ0) is 15.5. The van der Waals surface area contributed by atoms with Crippen molar-refractivity contribution in [1.29, 1.82) is 5.26 Å². The second-order valence-electron chi connectivity index (χ2n) is 4.79. The van der Waals surface area contributed by atoms with E-state index in [1.165, 1.54) is 6.08 Å². The molecule has 0 saturated carbocycles. The van der Waals surface area contributed by atoms with Gasteiger partial charge >= 0.3 is 0 Å². The third-order valence-electron chi connectivity index (χ3n) is 3.11. The number of benzene rings is 1. The lowest BCUT2D eigenvalue weighted by molar-refractivity contribution is -0.117. The maximum atomic E-state index is 12.0. The van der Waals surface area contributed by atoms with Crippen LogP contribution in [0.15, 0.2) is 34.3 Å². The van der Waals surface area contributed by atoms with Crippen LogP contribution in [0.4, 0.5) is 0 Å². The number of rotatable bonds is 3. The Hall–Kier alpha value is -1.65. The van der Waals surface area contributed by atoms with Gasteiger partial charge < -0.3 is 5.32 Å². The van der Waals surface area contributed by atoms with Gasteiger partial charge in [-0.2, -0.15) is 5.26 Å². The van der Waals surface area contributed by atoms with Crippen molar-refractivity contribution in [2.24, 2.45) is 0 Å². The fourth-order valence-electron chi connectivity index (χ4n) is 2.05. The van der Waals surface area contributed by atoms with E-state index in [4.69, 9.17) is 5.26 Å². The highest BCUT2D eigenvalue weighted by molar-refractivity contribution is 9.10. The number of nitriles is 1. The van der Waals surface area contributed by atoms with E-state index in [1.54, 1.807) is 12.1 Å². The summed E-state index contributed by atoms with van der Waals surface area (Å²) in [5, 5.41) is 11.7. The summed E-state index contributed by atoms with van der Waals surface area (Å²) in [6.07, 6.45) is 1.87. The van der Waals surface area contributed by atoms with E-state index < -0.39 is 21.8 Å². The predicted molar refractivity (Wildman–Crippen MR) is 82.9 cm³/mol. The summed E-state index contributed by atoms with van der Waals surface area (Å²) in [5.41, 5.74) is 0.686. The standard InChI is InChI=1S/C14H13BrN2O3S/c15-12-3-1-10(2-4-12)7-11(8-16)14(18)17-13-5-6-21(19,20)9-13/h1-4,7,13H,5-6,9H2,(H,17,18)/b11-7-/t13-/m1/s1. The number of nitrogens with zero attached hydrogens (tertiary/aromatic N) is 1. The van der Waals surface area contributed by atoms with Crippen molar-refractivity contribution >= 4 is 37.8 Å². The van der Waals surface area contributed by atoms with Gasteiger partial charge in [0.2, 0.25) is 0 Å². The summed E-state index contributed by atoms with van der Waals surface area (Å²) in [5.74, 6) is -0.520. The van der Waals surface area contributed by atoms with Crippen LogP contribution in [0.5, 0.6) is 0 Å². The molecule has 1 heterocycles. The highest BCUT2D eigenvalue weighted by Crippen LogP contribution is 2.15. The molecule has 0 bridgehead atoms. The molecule has 1 fully saturated rings. The fraction of sp³-hybridized carbons (Fsp3) is 0.286. The number of nitrogens with one attached hydrogen (secondary N) is 1. The second-order valence-corrected chi connectivity index (χ2v) is 7.94. The molecule has 7 heteroatoms. The molecular formula is C14H13BrN2O3S. The van der Waals surface area contributed by atoms with Gasteiger partial charge in [-0.1, -0.05) is 28.1 Å². The third kappa shape index (κ3) is 4.41. The van der Waals surface area contributed by atoms with Gasteiger partial charge in [-0.3, -0.25) is 4.79 Å². The van der Waals surface area contributed by atoms with Gasteiger partial charge in [-0.05, 0) is 30.2 Å². The second kappa shape index (κ2) is 6.41. The van der Waals surface area contributed by atoms with E-state index >= 15 is 0 Å². The Morgan fingerprint density at radius 2 is 2.05 bits per heavy atom. The van der Waals surface area contributed by atoms with Crippen LogP contribution in [0, 0.1) is 11.3 Å². The Bertz CT molecular complexity index is 718. The molecule has 1 aromatic carbocycles. The maximum absolute atomic E-state index is 12.0. The van der Waals surface area contributed by atoms with Gasteiger partial charge in [0.05, 0.1) is 11.5 Å². The van der Waals surface area contributed by atoms with Crippen LogP contribution in [0.2, 0.25) is 0 Å². The Morgan fingerprint density at radius 3 is 2.57 bits per heavy atom. The van der Waals surface area contributed by atoms with E-state index in [0.29, 0.717) is 6.42 Å². The van der Waals surface area contributed by atoms with Gasteiger partial charge in [-0.15, -0.1) is 0 Å². The van der Waals surface area contributed by atoms with Crippen LogP contribution < -0.4 is 5.32 Å². The molecule has 0 spiro atoms. The van der Waals surface area contributed by atoms with Crippen molar-refractivity contribution in [3.05, 3.63) is 39.9 Å². The van der Waals surface area contributed by atoms with E-state index in [1.807, 2.05) is 18.2 Å². The monoisotopic (exact) mass is 368 g/mol. The molecule has 1 N–H and O–H groups in total. The first-order chi connectivity index (χ1) is 9.89. The molecule has 1 amide bonds. The molecule has 1 aromatic rings. The molecule has 0 aromatic heterocycles. The van der Waals surface area contributed by atoms with Crippen LogP contribution in [0.3, 0.4) is 0 Å². The SMILES string of the molecule is N#C/C(=C/c1ccc(Br)cc1)C(=O)N[C@@H]1CCS(=O)(=O)C1. The predicted octanol–water partition coefficient (Wildman–Crippen LogP) is 1.66. The Kier molecular flexibility index (Phi) is 4.80. The molecule has 21 heavy (non-hydrogen) atoms. The van der Waals surface area contributed by atoms with E-state index in [2.05, 4.69) is 21.2 Å². The highest BCUT2D eigenvalue weighted by Gasteiger charge is 2.29. The van der Waals surface area contributed by atoms with Gasteiger partial charge in [0, 0.05) is 10.5 Å². The van der Waals surface area contributed by atoms with Crippen molar-refractivity contribution in [1.82, 2.24) is 5.32 Å². The quantitative estimate of drug-likeness (QED) is 0.649. The summed E-state index contributed by atoms with van der Waals surface area (Å²) in [7, 11) is -3.06. The number of hydrogen-bond donors (Lipinski definition) is 1. The minimum Gasteiger partial charge on any atom is -0.348 e. The minimum atomic E-state index is -3.06. The molecule has 0 aliphatic carbocycles. The molecule has 1 saturated heterocycles. The van der Waals surface area contributed by atoms with Gasteiger partial charge in [0.25, 0.3) is 5.91 Å². The molecular weight excluding hydrogens is 356 g/mol. The van der Waals surface area contributed by atoms with E-state index in [-0.39, 0.29) is 17.1 Å². The number of carbonyl (C=O) groups is 1. The number of halogens is 1. The summed E-state index contributed by atoms with van der Waals surface area (Å²) in [4.78, 5) is 12.0. The zero-order valence-electron chi connectivity index (χ0n) is 11.0. The number of sulfone groups is 1. The average Bonchev–Trinajstić information content (AvgIpc) is 2.77. The molecule has 2 rings (SSSR count). The molecule has 1 atom stereocenters. The lowest BCUT2D eigenvalue weighted by Crippen LogP contribution is -2.36. The van der Waals surface area contributed by atoms with Crippen molar-refractivity contribution in [3.8, 4) is 6.07 Å². The van der Waals surface area contributed by atoms with Crippen LogP contribution in [-0.2, 0) is 14.6 Å². The average molecular weight is 369 g/mol.